The maximum Gasteiger partial charge on any atom is 0.303 e. The van der Waals surface area contributed by atoms with Crippen molar-refractivity contribution >= 4 is 17.9 Å². The summed E-state index contributed by atoms with van der Waals surface area (Å²) in [6.45, 7) is 1.64. The Morgan fingerprint density at radius 1 is 1.06 bits per heavy atom. The Hall–Kier alpha value is -3.23. The summed E-state index contributed by atoms with van der Waals surface area (Å²) < 4.78 is 45.2. The summed E-state index contributed by atoms with van der Waals surface area (Å²) in [7, 11) is 0. The van der Waals surface area contributed by atoms with Gasteiger partial charge in [-0.1, -0.05) is 36.4 Å². The standard InChI is InChI=1S/C26H32F2O7/c1-18(29)34-23-16-24(35-19(2)30)22(21(23)12-8-3-4-9-13-25(31)32)14-15-26(27,28)17-33-20-10-6-5-7-11-20/h3,5-8,10-11,14-15,21-24H,4,9,12-13,16-17H2,1-2H3,(H,31,32)/t21-,22-,23+,24-/m1/s1. The van der Waals surface area contributed by atoms with E-state index < -0.39 is 54.5 Å². The maximum atomic E-state index is 14.6. The van der Waals surface area contributed by atoms with Crippen LogP contribution in [-0.2, 0) is 23.9 Å². The molecule has 0 amide bonds. The van der Waals surface area contributed by atoms with Gasteiger partial charge in [0.05, 0.1) is 0 Å². The number of para-hydroxylation sites is 1. The maximum absolute atomic E-state index is 14.6. The normalized spacial score (nSPS) is 22.4. The van der Waals surface area contributed by atoms with Crippen molar-refractivity contribution in [2.75, 3.05) is 6.61 Å². The van der Waals surface area contributed by atoms with Crippen molar-refractivity contribution in [1.82, 2.24) is 0 Å². The van der Waals surface area contributed by atoms with Gasteiger partial charge in [-0.25, -0.2) is 0 Å². The highest BCUT2D eigenvalue weighted by molar-refractivity contribution is 5.67. The summed E-state index contributed by atoms with van der Waals surface area (Å²) in [6.07, 6.45) is 5.97. The molecule has 1 fully saturated rings. The topological polar surface area (TPSA) is 99.1 Å². The number of hydrogen-bond donors (Lipinski definition) is 1. The largest absolute Gasteiger partial charge is 0.487 e. The van der Waals surface area contributed by atoms with Crippen LogP contribution in [0.25, 0.3) is 0 Å². The number of carboxylic acids is 1. The van der Waals surface area contributed by atoms with Gasteiger partial charge in [0.1, 0.15) is 18.0 Å². The van der Waals surface area contributed by atoms with Crippen molar-refractivity contribution in [2.45, 2.75) is 64.1 Å². The van der Waals surface area contributed by atoms with Gasteiger partial charge in [-0.3, -0.25) is 14.4 Å². The van der Waals surface area contributed by atoms with Crippen LogP contribution in [0.3, 0.4) is 0 Å². The Balaban J connectivity index is 2.15. The van der Waals surface area contributed by atoms with Crippen LogP contribution in [0.15, 0.2) is 54.6 Å². The molecule has 0 aromatic heterocycles. The average Bonchev–Trinajstić information content (AvgIpc) is 3.08. The quantitative estimate of drug-likeness (QED) is 0.235. The zero-order chi connectivity index (χ0) is 25.8. The van der Waals surface area contributed by atoms with Crippen molar-refractivity contribution in [1.29, 1.82) is 0 Å². The number of alkyl halides is 2. The smallest absolute Gasteiger partial charge is 0.303 e. The molecule has 35 heavy (non-hydrogen) atoms. The third-order valence-electron chi connectivity index (χ3n) is 5.57. The summed E-state index contributed by atoms with van der Waals surface area (Å²) in [6, 6.07) is 8.27. The molecule has 7 nitrogen and oxygen atoms in total. The van der Waals surface area contributed by atoms with E-state index in [-0.39, 0.29) is 12.8 Å². The van der Waals surface area contributed by atoms with Crippen molar-refractivity contribution in [3.8, 4) is 5.75 Å². The number of hydrogen-bond acceptors (Lipinski definition) is 6. The highest BCUT2D eigenvalue weighted by Gasteiger charge is 2.45. The summed E-state index contributed by atoms with van der Waals surface area (Å²) in [4.78, 5) is 33.9. The highest BCUT2D eigenvalue weighted by atomic mass is 19.3. The van der Waals surface area contributed by atoms with Crippen LogP contribution in [-0.4, -0.2) is 47.8 Å². The van der Waals surface area contributed by atoms with E-state index in [9.17, 15) is 23.2 Å². The molecule has 1 aliphatic carbocycles. The first kappa shape index (κ1) is 28.0. The molecule has 1 aliphatic rings. The van der Waals surface area contributed by atoms with Crippen LogP contribution in [0, 0.1) is 11.8 Å². The average molecular weight is 495 g/mol. The molecular formula is C26H32F2O7. The second-order valence-electron chi connectivity index (χ2n) is 8.49. The predicted octanol–water partition coefficient (Wildman–Crippen LogP) is 4.96. The number of carbonyl (C=O) groups excluding carboxylic acids is 2. The zero-order valence-corrected chi connectivity index (χ0v) is 19.9. The SMILES string of the molecule is CC(=O)O[C@H]1C[C@@H](OC(C)=O)[C@H](C=CC(F)(F)COc2ccccc2)[C@H]1CC=CCCCC(=O)O. The lowest BCUT2D eigenvalue weighted by molar-refractivity contribution is -0.149. The molecule has 192 valence electrons. The van der Waals surface area contributed by atoms with Crippen LogP contribution >= 0.6 is 0 Å². The van der Waals surface area contributed by atoms with Gasteiger partial charge in [-0.15, -0.1) is 0 Å². The van der Waals surface area contributed by atoms with Crippen LogP contribution in [0.4, 0.5) is 8.78 Å². The number of carbonyl (C=O) groups is 3. The Morgan fingerprint density at radius 3 is 2.34 bits per heavy atom. The van der Waals surface area contributed by atoms with Gasteiger partial charge >= 0.3 is 17.9 Å². The van der Waals surface area contributed by atoms with E-state index >= 15 is 0 Å². The van der Waals surface area contributed by atoms with E-state index in [1.165, 1.54) is 19.9 Å². The van der Waals surface area contributed by atoms with Gasteiger partial charge in [0.25, 0.3) is 5.92 Å². The van der Waals surface area contributed by atoms with Crippen LogP contribution in [0.2, 0.25) is 0 Å². The van der Waals surface area contributed by atoms with Gasteiger partial charge in [0, 0.05) is 38.5 Å². The zero-order valence-electron chi connectivity index (χ0n) is 19.9. The summed E-state index contributed by atoms with van der Waals surface area (Å²) >= 11 is 0. The second kappa shape index (κ2) is 13.6. The van der Waals surface area contributed by atoms with Crippen LogP contribution < -0.4 is 4.74 Å². The minimum Gasteiger partial charge on any atom is -0.487 e. The summed E-state index contributed by atoms with van der Waals surface area (Å²) in [5, 5.41) is 8.73. The number of halogens is 2. The van der Waals surface area contributed by atoms with Gasteiger partial charge in [-0.05, 0) is 37.5 Å². The molecule has 1 aromatic rings. The van der Waals surface area contributed by atoms with Gasteiger partial charge in [0.2, 0.25) is 0 Å². The lowest BCUT2D eigenvalue weighted by atomic mass is 9.89. The number of esters is 2. The Kier molecular flexibility index (Phi) is 10.9. The van der Waals surface area contributed by atoms with Gasteiger partial charge < -0.3 is 19.3 Å². The third-order valence-corrected chi connectivity index (χ3v) is 5.57. The molecule has 2 rings (SSSR count). The first-order chi connectivity index (χ1) is 16.6. The number of unbranched alkanes of at least 4 members (excludes halogenated alkanes) is 1. The number of aliphatic carboxylic acids is 1. The van der Waals surface area contributed by atoms with Crippen molar-refractivity contribution in [3.63, 3.8) is 0 Å². The summed E-state index contributed by atoms with van der Waals surface area (Å²) in [5.41, 5.74) is 0. The molecule has 0 unspecified atom stereocenters. The molecule has 0 heterocycles. The second-order valence-corrected chi connectivity index (χ2v) is 8.49. The third kappa shape index (κ3) is 10.3. The molecule has 1 aromatic carbocycles. The van der Waals surface area contributed by atoms with Crippen LogP contribution in [0.1, 0.15) is 46.0 Å². The fraction of sp³-hybridized carbons (Fsp3) is 0.500. The lowest BCUT2D eigenvalue weighted by Crippen LogP contribution is -2.27. The van der Waals surface area contributed by atoms with E-state index in [1.54, 1.807) is 30.3 Å². The molecule has 0 saturated heterocycles. The van der Waals surface area contributed by atoms with E-state index in [0.29, 0.717) is 25.0 Å². The first-order valence-electron chi connectivity index (χ1n) is 11.5. The highest BCUT2D eigenvalue weighted by Crippen LogP contribution is 2.40. The molecule has 0 radical (unpaired) electrons. The first-order valence-corrected chi connectivity index (χ1v) is 11.5. The molecule has 0 bridgehead atoms. The molecule has 1 N–H and O–H groups in total. The number of ether oxygens (including phenoxy) is 3. The molecule has 0 spiro atoms. The fourth-order valence-electron chi connectivity index (χ4n) is 4.09. The Bertz CT molecular complexity index is 898. The van der Waals surface area contributed by atoms with Crippen molar-refractivity contribution < 1.29 is 42.5 Å². The number of rotatable bonds is 13. The fourth-order valence-corrected chi connectivity index (χ4v) is 4.09. The van der Waals surface area contributed by atoms with Crippen molar-refractivity contribution in [3.05, 3.63) is 54.6 Å². The van der Waals surface area contributed by atoms with Crippen molar-refractivity contribution in [2.24, 2.45) is 11.8 Å². The number of carboxylic acid groups (broad SMARTS) is 1. The molecular weight excluding hydrogens is 462 g/mol. The van der Waals surface area contributed by atoms with E-state index in [0.717, 1.165) is 6.08 Å². The number of allylic oxidation sites excluding steroid dienone is 2. The monoisotopic (exact) mass is 494 g/mol. The molecule has 4 atom stereocenters. The lowest BCUT2D eigenvalue weighted by Gasteiger charge is -2.23. The Morgan fingerprint density at radius 2 is 1.71 bits per heavy atom. The molecule has 0 aliphatic heterocycles. The Labute approximate surface area is 203 Å². The van der Waals surface area contributed by atoms with E-state index in [4.69, 9.17) is 19.3 Å². The molecule has 1 saturated carbocycles. The van der Waals surface area contributed by atoms with Gasteiger partial charge in [0.15, 0.2) is 6.61 Å². The van der Waals surface area contributed by atoms with Crippen LogP contribution in [0.5, 0.6) is 5.75 Å². The minimum atomic E-state index is -3.28. The van der Waals surface area contributed by atoms with Gasteiger partial charge in [-0.2, -0.15) is 8.78 Å². The van der Waals surface area contributed by atoms with E-state index in [2.05, 4.69) is 0 Å². The predicted molar refractivity (Wildman–Crippen MR) is 124 cm³/mol. The molecule has 9 heteroatoms. The minimum absolute atomic E-state index is 0.0455. The summed E-state index contributed by atoms with van der Waals surface area (Å²) in [5.74, 6) is -5.93. The number of benzene rings is 1. The van der Waals surface area contributed by atoms with E-state index in [1.807, 2.05) is 12.2 Å².